The van der Waals surface area contributed by atoms with Crippen LogP contribution in [0, 0.1) is 18.6 Å². The summed E-state index contributed by atoms with van der Waals surface area (Å²) in [5, 5.41) is 5.84. The Bertz CT molecular complexity index is 2060. The number of hydrogen-bond acceptors (Lipinski definition) is 11. The average molecular weight is 768 g/mol. The maximum absolute atomic E-state index is 15.8. The number of carbonyl (C=O) groups is 3. The van der Waals surface area contributed by atoms with Crippen LogP contribution >= 0.6 is 0 Å². The highest BCUT2D eigenvalue weighted by Crippen LogP contribution is 2.41. The van der Waals surface area contributed by atoms with Crippen LogP contribution in [-0.2, 0) is 14.0 Å². The van der Waals surface area contributed by atoms with E-state index in [9.17, 15) is 14.4 Å². The minimum absolute atomic E-state index is 0.0000785. The van der Waals surface area contributed by atoms with Crippen LogP contribution in [0.5, 0.6) is 11.5 Å². The number of pyridine rings is 2. The van der Waals surface area contributed by atoms with Crippen LogP contribution in [-0.4, -0.2) is 69.0 Å². The van der Waals surface area contributed by atoms with Gasteiger partial charge in [0.15, 0.2) is 42.8 Å². The van der Waals surface area contributed by atoms with E-state index < -0.39 is 66.2 Å². The highest BCUT2D eigenvalue weighted by molar-refractivity contribution is 6.74. The van der Waals surface area contributed by atoms with Crippen LogP contribution < -0.4 is 25.0 Å². The first-order valence-corrected chi connectivity index (χ1v) is 19.9. The fourth-order valence-electron chi connectivity index (χ4n) is 5.04. The number of anilines is 4. The summed E-state index contributed by atoms with van der Waals surface area (Å²) in [5.41, 5.74) is -0.778. The summed E-state index contributed by atoms with van der Waals surface area (Å²) in [6.45, 7) is 20.4. The monoisotopic (exact) mass is 767 g/mol. The van der Waals surface area contributed by atoms with E-state index in [1.165, 1.54) is 18.5 Å². The first-order valence-electron chi connectivity index (χ1n) is 17.0. The second-order valence-electron chi connectivity index (χ2n) is 14.9. The van der Waals surface area contributed by atoms with Crippen molar-refractivity contribution in [3.05, 3.63) is 71.9 Å². The van der Waals surface area contributed by atoms with Gasteiger partial charge < -0.3 is 33.7 Å². The number of aryl methyl sites for hydroxylation is 1. The zero-order valence-corrected chi connectivity index (χ0v) is 33.4. The number of hydrogen-bond donors (Lipinski definition) is 2. The van der Waals surface area contributed by atoms with Crippen LogP contribution in [0.1, 0.15) is 63.2 Å². The second kappa shape index (κ2) is 15.9. The zero-order valence-electron chi connectivity index (χ0n) is 32.4. The zero-order chi connectivity index (χ0) is 40.3. The smallest absolute Gasteiger partial charge is 0.415 e. The van der Waals surface area contributed by atoms with E-state index in [4.69, 9.17) is 23.1 Å². The van der Waals surface area contributed by atoms with Gasteiger partial charge in [-0.3, -0.25) is 19.5 Å². The molecule has 3 heterocycles. The van der Waals surface area contributed by atoms with Crippen LogP contribution in [0.4, 0.5) is 36.5 Å². The molecule has 0 radical (unpaired) electrons. The molecule has 0 aliphatic carbocycles. The van der Waals surface area contributed by atoms with Crippen molar-refractivity contribution in [3.63, 3.8) is 0 Å². The molecule has 0 fully saturated rings. The molecule has 0 aliphatic rings. The van der Waals surface area contributed by atoms with Gasteiger partial charge >= 0.3 is 6.09 Å². The van der Waals surface area contributed by atoms with Crippen molar-refractivity contribution in [2.75, 3.05) is 42.9 Å². The van der Waals surface area contributed by atoms with E-state index in [-0.39, 0.29) is 40.7 Å². The molecule has 4 rings (SSSR count). The lowest BCUT2D eigenvalue weighted by molar-refractivity contribution is -0.111. The van der Waals surface area contributed by atoms with E-state index in [1.807, 2.05) is 13.1 Å². The lowest BCUT2D eigenvalue weighted by Crippen LogP contribution is -2.44. The van der Waals surface area contributed by atoms with E-state index in [0.717, 1.165) is 31.3 Å². The molecule has 0 unspecified atom stereocenters. The highest BCUT2D eigenvalue weighted by Gasteiger charge is 2.39. The summed E-state index contributed by atoms with van der Waals surface area (Å²) in [7, 11) is -0.0410. The maximum Gasteiger partial charge on any atom is 0.415 e. The lowest BCUT2D eigenvalue weighted by atomic mass is 10.0. The van der Waals surface area contributed by atoms with Crippen LogP contribution in [0.3, 0.4) is 0 Å². The summed E-state index contributed by atoms with van der Waals surface area (Å²) in [6.07, 6.45) is 4.52. The third-order valence-corrected chi connectivity index (χ3v) is 13.4. The summed E-state index contributed by atoms with van der Waals surface area (Å²) >= 11 is 0. The fourth-order valence-corrected chi connectivity index (χ4v) is 6.07. The summed E-state index contributed by atoms with van der Waals surface area (Å²) < 4.78 is 60.1. The number of amides is 2. The Morgan fingerprint density at radius 1 is 1.00 bits per heavy atom. The first kappa shape index (κ1) is 41.4. The number of carbonyl (C=O) groups excluding carboxylic acids is 3. The molecular formula is C38H47F2N5O8Si. The normalized spacial score (nSPS) is 11.9. The number of furan rings is 1. The van der Waals surface area contributed by atoms with Gasteiger partial charge in [0, 0.05) is 12.3 Å². The first-order chi connectivity index (χ1) is 25.1. The molecule has 0 saturated heterocycles. The predicted octanol–water partition coefficient (Wildman–Crippen LogP) is 8.69. The van der Waals surface area contributed by atoms with Gasteiger partial charge in [-0.25, -0.2) is 18.6 Å². The van der Waals surface area contributed by atoms with E-state index in [2.05, 4.69) is 48.0 Å². The Hall–Kier alpha value is -5.35. The van der Waals surface area contributed by atoms with Gasteiger partial charge in [-0.1, -0.05) is 27.4 Å². The Morgan fingerprint density at radius 2 is 1.63 bits per heavy atom. The van der Waals surface area contributed by atoms with Crippen LogP contribution in [0.15, 0.2) is 47.8 Å². The van der Waals surface area contributed by atoms with Crippen molar-refractivity contribution in [1.29, 1.82) is 0 Å². The second-order valence-corrected chi connectivity index (χ2v) is 19.7. The molecule has 3 aromatic heterocycles. The molecule has 0 bridgehead atoms. The molecule has 290 valence electrons. The van der Waals surface area contributed by atoms with E-state index >= 15 is 8.78 Å². The van der Waals surface area contributed by atoms with Crippen LogP contribution in [0.2, 0.25) is 18.1 Å². The number of ether oxygens (including phenoxy) is 3. The van der Waals surface area contributed by atoms with Crippen LogP contribution in [0.25, 0.3) is 11.0 Å². The number of fused-ring (bicyclic) bond motifs is 1. The molecule has 0 aliphatic heterocycles. The maximum atomic E-state index is 15.8. The largest absolute Gasteiger partial charge is 0.494 e. The Morgan fingerprint density at radius 3 is 2.19 bits per heavy atom. The number of ketones is 1. The minimum atomic E-state index is -2.35. The molecule has 16 heteroatoms. The van der Waals surface area contributed by atoms with Gasteiger partial charge in [0.25, 0.3) is 0 Å². The van der Waals surface area contributed by atoms with Crippen molar-refractivity contribution in [1.82, 2.24) is 9.97 Å². The molecule has 1 aromatic carbocycles. The standard InChI is InChI=1S/C38H47F2N5O8Si/c1-13-28(46)43-23-19-41-18-21(2)32(23)44-27-16-22-26(20-42-27)52-35(34(47)29-30(39)24(49-9)17-25(50-10)31(29)40)33(22)45(36(48)53-37(3,4)5)14-15-51-54(11,12)38(6,7)8/h13,16-20H,1,14-15H2,2-12H3,(H,43,46)(H,41,42,44). The van der Waals surface area contributed by atoms with E-state index in [0.29, 0.717) is 16.9 Å². The van der Waals surface area contributed by atoms with Gasteiger partial charge in [-0.15, -0.1) is 0 Å². The van der Waals surface area contributed by atoms with Gasteiger partial charge in [0.1, 0.15) is 22.7 Å². The van der Waals surface area contributed by atoms with Crippen molar-refractivity contribution >= 4 is 60.0 Å². The Kier molecular flexibility index (Phi) is 12.2. The summed E-state index contributed by atoms with van der Waals surface area (Å²) in [6, 6.07) is 2.47. The molecule has 0 spiro atoms. The quantitative estimate of drug-likeness (QED) is 0.0763. The third-order valence-electron chi connectivity index (χ3n) is 8.86. The highest BCUT2D eigenvalue weighted by atomic mass is 28.4. The van der Waals surface area contributed by atoms with Crippen molar-refractivity contribution in [2.24, 2.45) is 0 Å². The number of rotatable bonds is 13. The lowest BCUT2D eigenvalue weighted by Gasteiger charge is -2.37. The van der Waals surface area contributed by atoms with Crippen molar-refractivity contribution < 1.29 is 46.2 Å². The van der Waals surface area contributed by atoms with Gasteiger partial charge in [0.2, 0.25) is 11.7 Å². The fraction of sp³-hybridized carbons (Fsp3) is 0.395. The topological polar surface area (TPSA) is 154 Å². The Labute approximate surface area is 314 Å². The molecule has 2 amide bonds. The minimum Gasteiger partial charge on any atom is -0.494 e. The van der Waals surface area contributed by atoms with Gasteiger partial charge in [0.05, 0.1) is 56.5 Å². The summed E-state index contributed by atoms with van der Waals surface area (Å²) in [4.78, 5) is 50.5. The molecule has 54 heavy (non-hydrogen) atoms. The number of aromatic nitrogens is 2. The number of methoxy groups -OCH3 is 2. The molecule has 0 saturated carbocycles. The number of halogens is 2. The molecule has 4 aromatic rings. The van der Waals surface area contributed by atoms with Gasteiger partial charge in [-0.05, 0) is 63.5 Å². The molecule has 2 N–H and O–H groups in total. The molecule has 13 nitrogen and oxygen atoms in total. The molecular weight excluding hydrogens is 721 g/mol. The van der Waals surface area contributed by atoms with Crippen molar-refractivity contribution in [2.45, 2.75) is 72.2 Å². The average Bonchev–Trinajstić information content (AvgIpc) is 3.45. The van der Waals surface area contributed by atoms with Crippen molar-refractivity contribution in [3.8, 4) is 11.5 Å². The van der Waals surface area contributed by atoms with E-state index in [1.54, 1.807) is 33.9 Å². The number of benzene rings is 1. The van der Waals surface area contributed by atoms with Gasteiger partial charge in [-0.2, -0.15) is 0 Å². The number of nitrogens with zero attached hydrogens (tertiary/aromatic N) is 3. The number of nitrogens with one attached hydrogen (secondary N) is 2. The Balaban J connectivity index is 2.00. The third kappa shape index (κ3) is 8.88. The SMILES string of the molecule is C=CC(=O)Nc1cncc(C)c1Nc1cc2c(N(CCO[Si](C)(C)C(C)(C)C)C(=O)OC(C)(C)C)c(C(=O)c3c(F)c(OC)cc(OC)c3F)oc2cn1. The molecule has 0 atom stereocenters. The predicted molar refractivity (Wildman–Crippen MR) is 205 cm³/mol. The summed E-state index contributed by atoms with van der Waals surface area (Å²) in [5.74, 6) is -5.65.